The summed E-state index contributed by atoms with van der Waals surface area (Å²) in [5.74, 6) is 0.928. The van der Waals surface area contributed by atoms with E-state index in [-0.39, 0.29) is 5.56 Å². The molecule has 0 atom stereocenters. The molecule has 0 aliphatic rings. The Balaban J connectivity index is 2.59. The maximum atomic E-state index is 11.1. The molecule has 1 N–H and O–H groups in total. The van der Waals surface area contributed by atoms with Gasteiger partial charge in [0.15, 0.2) is 0 Å². The first-order valence-electron chi connectivity index (χ1n) is 5.33. The molecule has 1 heterocycles. The molecule has 4 nitrogen and oxygen atoms in total. The van der Waals surface area contributed by atoms with Crippen LogP contribution in [-0.2, 0) is 6.54 Å². The molecule has 2 aromatic rings. The third-order valence-electron chi connectivity index (χ3n) is 2.72. The van der Waals surface area contributed by atoms with Gasteiger partial charge in [0.1, 0.15) is 11.3 Å². The zero-order valence-electron chi connectivity index (χ0n) is 9.80. The molecule has 2 rings (SSSR count). The largest absolute Gasteiger partial charge is 0.478 e. The zero-order chi connectivity index (χ0) is 12.4. The number of thioether (sulfide) groups is 1. The standard InChI is InChI=1S/C12H14N2O2S/c1-8-13-11-9(12(15)16)4-3-5-10(11)14(8)6-7-17-2/h3-5H,6-7H2,1-2H3,(H,15,16). The molecule has 17 heavy (non-hydrogen) atoms. The summed E-state index contributed by atoms with van der Waals surface area (Å²) in [6.45, 7) is 2.76. The highest BCUT2D eigenvalue weighted by molar-refractivity contribution is 7.98. The van der Waals surface area contributed by atoms with Crippen molar-refractivity contribution in [1.82, 2.24) is 9.55 Å². The fourth-order valence-corrected chi connectivity index (χ4v) is 2.27. The molecule has 1 aromatic heterocycles. The Hall–Kier alpha value is -1.49. The van der Waals surface area contributed by atoms with E-state index >= 15 is 0 Å². The van der Waals surface area contributed by atoms with Gasteiger partial charge in [-0.3, -0.25) is 0 Å². The molecule has 0 bridgehead atoms. The Bertz CT molecular complexity index is 563. The van der Waals surface area contributed by atoms with Crippen LogP contribution >= 0.6 is 11.8 Å². The SMILES string of the molecule is CSCCn1c(C)nc2c(C(=O)O)cccc21. The number of aromatic carboxylic acids is 1. The van der Waals surface area contributed by atoms with E-state index in [1.807, 2.05) is 13.0 Å². The van der Waals surface area contributed by atoms with Crippen LogP contribution in [0.15, 0.2) is 18.2 Å². The average molecular weight is 250 g/mol. The number of nitrogens with zero attached hydrogens (tertiary/aromatic N) is 2. The van der Waals surface area contributed by atoms with E-state index in [9.17, 15) is 4.79 Å². The Kier molecular flexibility index (Phi) is 3.38. The second-order valence-electron chi connectivity index (χ2n) is 3.78. The van der Waals surface area contributed by atoms with Gasteiger partial charge >= 0.3 is 5.97 Å². The van der Waals surface area contributed by atoms with E-state index < -0.39 is 5.97 Å². The van der Waals surface area contributed by atoms with Gasteiger partial charge in [-0.2, -0.15) is 11.8 Å². The summed E-state index contributed by atoms with van der Waals surface area (Å²) in [5, 5.41) is 9.11. The van der Waals surface area contributed by atoms with E-state index in [1.165, 1.54) is 0 Å². The maximum absolute atomic E-state index is 11.1. The van der Waals surface area contributed by atoms with Crippen molar-refractivity contribution in [2.75, 3.05) is 12.0 Å². The van der Waals surface area contributed by atoms with Gasteiger partial charge in [0.2, 0.25) is 0 Å². The summed E-state index contributed by atoms with van der Waals surface area (Å²) in [7, 11) is 0. The fourth-order valence-electron chi connectivity index (χ4n) is 1.90. The molecule has 0 saturated carbocycles. The first-order valence-corrected chi connectivity index (χ1v) is 6.72. The molecule has 5 heteroatoms. The highest BCUT2D eigenvalue weighted by atomic mass is 32.2. The number of aromatic nitrogens is 2. The smallest absolute Gasteiger partial charge is 0.337 e. The third kappa shape index (κ3) is 2.15. The number of benzene rings is 1. The van der Waals surface area contributed by atoms with Crippen LogP contribution in [0.25, 0.3) is 11.0 Å². The topological polar surface area (TPSA) is 55.1 Å². The number of imidazole rings is 1. The summed E-state index contributed by atoms with van der Waals surface area (Å²) < 4.78 is 2.07. The molecule has 0 amide bonds. The molecule has 0 aliphatic carbocycles. The molecule has 0 radical (unpaired) electrons. The van der Waals surface area contributed by atoms with Gasteiger partial charge in [-0.05, 0) is 25.3 Å². The summed E-state index contributed by atoms with van der Waals surface area (Å²) in [5.41, 5.74) is 1.75. The van der Waals surface area contributed by atoms with Crippen LogP contribution in [0.4, 0.5) is 0 Å². The normalized spacial score (nSPS) is 10.9. The number of aryl methyl sites for hydroxylation is 2. The summed E-state index contributed by atoms with van der Waals surface area (Å²) in [6.07, 6.45) is 2.05. The van der Waals surface area contributed by atoms with Crippen LogP contribution in [0.5, 0.6) is 0 Å². The predicted octanol–water partition coefficient (Wildman–Crippen LogP) is 2.41. The van der Waals surface area contributed by atoms with Crippen LogP contribution in [0.2, 0.25) is 0 Å². The van der Waals surface area contributed by atoms with Crippen molar-refractivity contribution >= 4 is 28.8 Å². The Labute approximate surface area is 104 Å². The minimum absolute atomic E-state index is 0.272. The number of rotatable bonds is 4. The minimum atomic E-state index is -0.926. The number of fused-ring (bicyclic) bond motifs is 1. The van der Waals surface area contributed by atoms with Crippen molar-refractivity contribution in [2.24, 2.45) is 0 Å². The molecule has 0 fully saturated rings. The van der Waals surface area contributed by atoms with Crippen molar-refractivity contribution in [3.8, 4) is 0 Å². The minimum Gasteiger partial charge on any atom is -0.478 e. The monoisotopic (exact) mass is 250 g/mol. The first kappa shape index (κ1) is 12.0. The molecule has 0 unspecified atom stereocenters. The lowest BCUT2D eigenvalue weighted by molar-refractivity contribution is 0.0699. The van der Waals surface area contributed by atoms with Crippen molar-refractivity contribution in [1.29, 1.82) is 0 Å². The lowest BCUT2D eigenvalue weighted by atomic mass is 10.2. The lowest BCUT2D eigenvalue weighted by Gasteiger charge is -2.05. The van der Waals surface area contributed by atoms with Crippen LogP contribution in [-0.4, -0.2) is 32.6 Å². The van der Waals surface area contributed by atoms with E-state index in [0.717, 1.165) is 23.6 Å². The molecule has 0 spiro atoms. The molecule has 1 aromatic carbocycles. The van der Waals surface area contributed by atoms with E-state index in [4.69, 9.17) is 5.11 Å². The highest BCUT2D eigenvalue weighted by Crippen LogP contribution is 2.20. The van der Waals surface area contributed by atoms with E-state index in [1.54, 1.807) is 23.9 Å². The van der Waals surface area contributed by atoms with E-state index in [2.05, 4.69) is 15.8 Å². The van der Waals surface area contributed by atoms with Gasteiger partial charge in [-0.1, -0.05) is 6.07 Å². The van der Waals surface area contributed by atoms with Crippen molar-refractivity contribution in [3.63, 3.8) is 0 Å². The zero-order valence-corrected chi connectivity index (χ0v) is 10.6. The molecule has 0 aliphatic heterocycles. The molecule has 0 saturated heterocycles. The second kappa shape index (κ2) is 4.79. The van der Waals surface area contributed by atoms with Crippen molar-refractivity contribution in [2.45, 2.75) is 13.5 Å². The van der Waals surface area contributed by atoms with Crippen LogP contribution in [0, 0.1) is 6.92 Å². The van der Waals surface area contributed by atoms with Crippen LogP contribution in [0.3, 0.4) is 0 Å². The van der Waals surface area contributed by atoms with E-state index in [0.29, 0.717) is 5.52 Å². The quantitative estimate of drug-likeness (QED) is 0.905. The van der Waals surface area contributed by atoms with Gasteiger partial charge in [-0.15, -0.1) is 0 Å². The van der Waals surface area contributed by atoms with Gasteiger partial charge in [0.25, 0.3) is 0 Å². The summed E-state index contributed by atoms with van der Waals surface area (Å²) in [6, 6.07) is 5.28. The highest BCUT2D eigenvalue weighted by Gasteiger charge is 2.14. The van der Waals surface area contributed by atoms with Crippen molar-refractivity contribution < 1.29 is 9.90 Å². The maximum Gasteiger partial charge on any atom is 0.337 e. The summed E-state index contributed by atoms with van der Waals surface area (Å²) >= 11 is 1.76. The number of hydrogen-bond donors (Lipinski definition) is 1. The first-order chi connectivity index (χ1) is 8.15. The number of para-hydroxylation sites is 1. The number of carbonyl (C=O) groups is 1. The number of carboxylic acids is 1. The van der Waals surface area contributed by atoms with Gasteiger partial charge < -0.3 is 9.67 Å². The molecular weight excluding hydrogens is 236 g/mol. The van der Waals surface area contributed by atoms with Gasteiger partial charge in [-0.25, -0.2) is 9.78 Å². The average Bonchev–Trinajstić information content (AvgIpc) is 2.61. The second-order valence-corrected chi connectivity index (χ2v) is 4.77. The fraction of sp³-hybridized carbons (Fsp3) is 0.333. The van der Waals surface area contributed by atoms with Crippen LogP contribution in [0.1, 0.15) is 16.2 Å². The van der Waals surface area contributed by atoms with Crippen LogP contribution < -0.4 is 0 Å². The van der Waals surface area contributed by atoms with Crippen molar-refractivity contribution in [3.05, 3.63) is 29.6 Å². The molecular formula is C12H14N2O2S. The van der Waals surface area contributed by atoms with Gasteiger partial charge in [0, 0.05) is 12.3 Å². The predicted molar refractivity (Wildman–Crippen MR) is 69.8 cm³/mol. The number of hydrogen-bond acceptors (Lipinski definition) is 3. The molecule has 90 valence electrons. The lowest BCUT2D eigenvalue weighted by Crippen LogP contribution is -2.02. The van der Waals surface area contributed by atoms with Gasteiger partial charge in [0.05, 0.1) is 11.1 Å². The number of carboxylic acid groups (broad SMARTS) is 1. The Morgan fingerprint density at radius 2 is 2.29 bits per heavy atom. The Morgan fingerprint density at radius 1 is 1.53 bits per heavy atom. The Morgan fingerprint density at radius 3 is 2.94 bits per heavy atom. The summed E-state index contributed by atoms with van der Waals surface area (Å²) in [4.78, 5) is 15.5. The third-order valence-corrected chi connectivity index (χ3v) is 3.31.